The predicted molar refractivity (Wildman–Crippen MR) is 137 cm³/mol. The van der Waals surface area contributed by atoms with E-state index in [4.69, 9.17) is 0 Å². The van der Waals surface area contributed by atoms with Gasteiger partial charge in [-0.15, -0.1) is 11.3 Å². The number of phenolic OH excluding ortho intramolecular Hbond substituents is 1. The van der Waals surface area contributed by atoms with Crippen LogP contribution in [-0.2, 0) is 6.42 Å². The third-order valence-electron chi connectivity index (χ3n) is 6.26. The molecule has 1 aliphatic rings. The molecule has 0 saturated heterocycles. The van der Waals surface area contributed by atoms with Crippen LogP contribution < -0.4 is 10.6 Å². The van der Waals surface area contributed by atoms with E-state index in [1.54, 1.807) is 18.2 Å². The predicted octanol–water partition coefficient (Wildman–Crippen LogP) is 5.64. The summed E-state index contributed by atoms with van der Waals surface area (Å²) < 4.78 is 1.43. The summed E-state index contributed by atoms with van der Waals surface area (Å²) in [5.74, 6) is 0.0866. The van der Waals surface area contributed by atoms with Gasteiger partial charge in [-0.05, 0) is 60.5 Å². The highest BCUT2D eigenvalue weighted by Gasteiger charge is 2.27. The van der Waals surface area contributed by atoms with Crippen molar-refractivity contribution in [2.24, 2.45) is 0 Å². The maximum absolute atomic E-state index is 13.0. The van der Waals surface area contributed by atoms with E-state index in [0.29, 0.717) is 28.4 Å². The molecule has 0 bridgehead atoms. The van der Waals surface area contributed by atoms with Gasteiger partial charge in [-0.3, -0.25) is 4.79 Å². The number of hydrogen-bond acceptors (Lipinski definition) is 5. The molecule has 2 amide bonds. The van der Waals surface area contributed by atoms with Crippen LogP contribution >= 0.6 is 11.3 Å². The number of nitrogens with zero attached hydrogens (tertiary/aromatic N) is 2. The van der Waals surface area contributed by atoms with E-state index < -0.39 is 0 Å². The molecule has 0 unspecified atom stereocenters. The molecule has 2 aromatic carbocycles. The number of amides is 2. The average molecular weight is 487 g/mol. The zero-order valence-corrected chi connectivity index (χ0v) is 19.9. The fourth-order valence-corrected chi connectivity index (χ4v) is 4.76. The Hall–Kier alpha value is -3.91. The van der Waals surface area contributed by atoms with Gasteiger partial charge in [0, 0.05) is 23.7 Å². The highest BCUT2D eigenvalue weighted by molar-refractivity contribution is 7.12. The first-order valence-corrected chi connectivity index (χ1v) is 12.6. The number of carbonyl (C=O) groups is 2. The molecule has 8 heteroatoms. The molecule has 3 N–H and O–H groups in total. The second kappa shape index (κ2) is 10.1. The van der Waals surface area contributed by atoms with Crippen molar-refractivity contribution in [2.75, 3.05) is 11.9 Å². The van der Waals surface area contributed by atoms with Crippen molar-refractivity contribution >= 4 is 29.0 Å². The number of aromatic hydroxyl groups is 1. The molecule has 178 valence electrons. The molecular weight excluding hydrogens is 460 g/mol. The molecule has 1 aliphatic carbocycles. The van der Waals surface area contributed by atoms with Crippen LogP contribution in [0.2, 0.25) is 0 Å². The van der Waals surface area contributed by atoms with E-state index >= 15 is 0 Å². The fourth-order valence-electron chi connectivity index (χ4n) is 4.14. The molecule has 1 saturated carbocycles. The Morgan fingerprint density at radius 3 is 2.60 bits per heavy atom. The molecule has 0 spiro atoms. The van der Waals surface area contributed by atoms with Gasteiger partial charge in [0.2, 0.25) is 0 Å². The normalized spacial score (nSPS) is 13.3. The minimum atomic E-state index is -0.282. The second-order valence-corrected chi connectivity index (χ2v) is 9.57. The molecular formula is C27H26N4O3S. The molecule has 5 rings (SSSR count). The SMILES string of the molecule is O=C(Nc1ccc(O)c(-c2cc(C3CCC3)n(C(=O)NCCc3ccccc3)n2)c1)c1cccs1. The van der Waals surface area contributed by atoms with Gasteiger partial charge in [0.1, 0.15) is 5.75 Å². The van der Waals surface area contributed by atoms with Gasteiger partial charge < -0.3 is 15.7 Å². The number of anilines is 1. The van der Waals surface area contributed by atoms with Crippen molar-refractivity contribution in [1.29, 1.82) is 0 Å². The average Bonchev–Trinajstić information content (AvgIpc) is 3.51. The van der Waals surface area contributed by atoms with Crippen molar-refractivity contribution in [2.45, 2.75) is 31.6 Å². The lowest BCUT2D eigenvalue weighted by Gasteiger charge is -2.25. The molecule has 2 aromatic heterocycles. The number of nitrogens with one attached hydrogen (secondary N) is 2. The summed E-state index contributed by atoms with van der Waals surface area (Å²) in [4.78, 5) is 26.1. The number of rotatable bonds is 7. The van der Waals surface area contributed by atoms with Gasteiger partial charge in [-0.2, -0.15) is 9.78 Å². The number of benzene rings is 2. The molecule has 1 fully saturated rings. The Kier molecular flexibility index (Phi) is 6.63. The highest BCUT2D eigenvalue weighted by Crippen LogP contribution is 2.39. The van der Waals surface area contributed by atoms with Crippen LogP contribution in [0.5, 0.6) is 5.75 Å². The first kappa shape index (κ1) is 22.9. The summed E-state index contributed by atoms with van der Waals surface area (Å²) in [6.07, 6.45) is 3.86. The summed E-state index contributed by atoms with van der Waals surface area (Å²) >= 11 is 1.36. The smallest absolute Gasteiger partial charge is 0.342 e. The molecule has 7 nitrogen and oxygen atoms in total. The lowest BCUT2D eigenvalue weighted by Crippen LogP contribution is -2.33. The summed E-state index contributed by atoms with van der Waals surface area (Å²) in [6, 6.07) is 20.0. The Morgan fingerprint density at radius 1 is 1.06 bits per heavy atom. The lowest BCUT2D eigenvalue weighted by molar-refractivity contribution is 0.103. The molecule has 0 atom stereocenters. The third kappa shape index (κ3) is 5.12. The zero-order valence-electron chi connectivity index (χ0n) is 19.1. The van der Waals surface area contributed by atoms with E-state index in [-0.39, 0.29) is 23.6 Å². The van der Waals surface area contributed by atoms with E-state index in [2.05, 4.69) is 15.7 Å². The number of thiophene rings is 1. The highest BCUT2D eigenvalue weighted by atomic mass is 32.1. The van der Waals surface area contributed by atoms with Gasteiger partial charge in [0.15, 0.2) is 0 Å². The summed E-state index contributed by atoms with van der Waals surface area (Å²) in [7, 11) is 0. The maximum atomic E-state index is 13.0. The van der Waals surface area contributed by atoms with E-state index in [0.717, 1.165) is 36.9 Å². The molecule has 35 heavy (non-hydrogen) atoms. The van der Waals surface area contributed by atoms with Crippen LogP contribution in [0.15, 0.2) is 72.1 Å². The van der Waals surface area contributed by atoms with Crippen molar-refractivity contribution < 1.29 is 14.7 Å². The third-order valence-corrected chi connectivity index (χ3v) is 7.13. The molecule has 2 heterocycles. The van der Waals surface area contributed by atoms with Crippen LogP contribution in [0, 0.1) is 0 Å². The first-order valence-electron chi connectivity index (χ1n) is 11.7. The van der Waals surface area contributed by atoms with Crippen molar-refractivity contribution in [3.63, 3.8) is 0 Å². The Balaban J connectivity index is 1.37. The standard InChI is InChI=1S/C27H26N4O3S/c32-24-12-11-20(29-26(33)25-10-5-15-35-25)16-21(24)22-17-23(19-8-4-9-19)31(30-22)27(34)28-14-13-18-6-2-1-3-7-18/h1-3,5-7,10-12,15-17,19,32H,4,8-9,13-14H2,(H,28,34)(H,29,33). The number of aromatic nitrogens is 2. The lowest BCUT2D eigenvalue weighted by atomic mass is 9.82. The number of carbonyl (C=O) groups excluding carboxylic acids is 2. The molecule has 0 aliphatic heterocycles. The summed E-state index contributed by atoms with van der Waals surface area (Å²) in [5.41, 5.74) is 3.50. The van der Waals surface area contributed by atoms with Gasteiger partial charge in [-0.25, -0.2) is 4.79 Å². The van der Waals surface area contributed by atoms with E-state index in [1.807, 2.05) is 47.8 Å². The monoisotopic (exact) mass is 486 g/mol. The van der Waals surface area contributed by atoms with Gasteiger partial charge in [0.25, 0.3) is 5.91 Å². The number of phenols is 1. The van der Waals surface area contributed by atoms with Crippen LogP contribution in [0.4, 0.5) is 10.5 Å². The van der Waals surface area contributed by atoms with Crippen LogP contribution in [0.1, 0.15) is 46.1 Å². The van der Waals surface area contributed by atoms with Gasteiger partial charge >= 0.3 is 6.03 Å². The Bertz CT molecular complexity index is 1330. The minimum Gasteiger partial charge on any atom is -0.507 e. The van der Waals surface area contributed by atoms with Crippen LogP contribution in [0.25, 0.3) is 11.3 Å². The summed E-state index contributed by atoms with van der Waals surface area (Å²) in [5, 5.41) is 22.8. The molecule has 4 aromatic rings. The fraction of sp³-hybridized carbons (Fsp3) is 0.222. The maximum Gasteiger partial charge on any atom is 0.342 e. The van der Waals surface area contributed by atoms with E-state index in [9.17, 15) is 14.7 Å². The zero-order chi connectivity index (χ0) is 24.2. The van der Waals surface area contributed by atoms with Crippen molar-refractivity contribution in [3.05, 3.63) is 88.2 Å². The number of hydrogen-bond donors (Lipinski definition) is 3. The summed E-state index contributed by atoms with van der Waals surface area (Å²) in [6.45, 7) is 0.498. The quantitative estimate of drug-likeness (QED) is 0.295. The topological polar surface area (TPSA) is 96.2 Å². The largest absolute Gasteiger partial charge is 0.507 e. The Morgan fingerprint density at radius 2 is 1.89 bits per heavy atom. The van der Waals surface area contributed by atoms with Crippen LogP contribution in [-0.4, -0.2) is 33.4 Å². The van der Waals surface area contributed by atoms with E-state index in [1.165, 1.54) is 22.1 Å². The van der Waals surface area contributed by atoms with Crippen molar-refractivity contribution in [3.8, 4) is 17.0 Å². The van der Waals surface area contributed by atoms with Gasteiger partial charge in [-0.1, -0.05) is 42.8 Å². The first-order chi connectivity index (χ1) is 17.1. The van der Waals surface area contributed by atoms with Gasteiger partial charge in [0.05, 0.1) is 16.3 Å². The Labute approximate surface area is 207 Å². The minimum absolute atomic E-state index is 0.0356. The molecule has 0 radical (unpaired) electrons. The van der Waals surface area contributed by atoms with Crippen LogP contribution in [0.3, 0.4) is 0 Å². The van der Waals surface area contributed by atoms with Crippen molar-refractivity contribution in [1.82, 2.24) is 15.1 Å². The second-order valence-electron chi connectivity index (χ2n) is 8.62.